The van der Waals surface area contributed by atoms with E-state index in [1.807, 2.05) is 35.4 Å². The molecule has 5 rings (SSSR count). The number of carbonyl (C=O) groups excluding carboxylic acids is 1. The fourth-order valence-electron chi connectivity index (χ4n) is 6.91. The number of ether oxygens (including phenoxy) is 3. The van der Waals surface area contributed by atoms with Gasteiger partial charge in [-0.1, -0.05) is 74.2 Å². The van der Waals surface area contributed by atoms with Crippen molar-refractivity contribution in [2.24, 2.45) is 0 Å². The molecule has 0 saturated carbocycles. The first-order chi connectivity index (χ1) is 27.6. The quantitative estimate of drug-likeness (QED) is 0.0213. The third kappa shape index (κ3) is 16.8. The summed E-state index contributed by atoms with van der Waals surface area (Å²) in [6.45, 7) is 6.53. The van der Waals surface area contributed by atoms with E-state index in [1.54, 1.807) is 18.3 Å². The Morgan fingerprint density at radius 3 is 2.14 bits per heavy atom. The average Bonchev–Trinajstić information content (AvgIpc) is 3.69. The first-order valence-corrected chi connectivity index (χ1v) is 21.1. The lowest BCUT2D eigenvalue weighted by Crippen LogP contribution is -2.33. The Bertz CT molecular complexity index is 1880. The molecule has 0 N–H and O–H groups in total. The van der Waals surface area contributed by atoms with Crippen molar-refractivity contribution in [3.05, 3.63) is 95.8 Å². The lowest BCUT2D eigenvalue weighted by molar-refractivity contribution is -0.697. The summed E-state index contributed by atoms with van der Waals surface area (Å²) in [6, 6.07) is 13.9. The van der Waals surface area contributed by atoms with Gasteiger partial charge in [0, 0.05) is 81.9 Å². The van der Waals surface area contributed by atoms with Crippen LogP contribution in [-0.2, 0) is 40.2 Å². The van der Waals surface area contributed by atoms with E-state index in [4.69, 9.17) is 25.8 Å². The van der Waals surface area contributed by atoms with E-state index >= 15 is 0 Å². The molecule has 0 amide bonds. The molecule has 57 heavy (non-hydrogen) atoms. The summed E-state index contributed by atoms with van der Waals surface area (Å²) >= 11 is 6.54. The summed E-state index contributed by atoms with van der Waals surface area (Å²) in [6.07, 6.45) is 30.4. The Morgan fingerprint density at radius 2 is 1.42 bits per heavy atom. The van der Waals surface area contributed by atoms with Crippen molar-refractivity contribution >= 4 is 40.9 Å². The Balaban J connectivity index is 0.00000720. The molecular formula is C45H61Cl2N6O4+. The zero-order valence-corrected chi connectivity index (χ0v) is 35.2. The van der Waals surface area contributed by atoms with Gasteiger partial charge >= 0.3 is 5.97 Å². The van der Waals surface area contributed by atoms with Gasteiger partial charge in [-0.25, -0.2) is 4.57 Å². The van der Waals surface area contributed by atoms with Crippen LogP contribution in [0.2, 0.25) is 5.02 Å². The van der Waals surface area contributed by atoms with Crippen LogP contribution in [-0.4, -0.2) is 57.4 Å². The molecule has 0 atom stereocenters. The molecular weight excluding hydrogens is 759 g/mol. The van der Waals surface area contributed by atoms with Crippen LogP contribution in [0.5, 0.6) is 5.75 Å². The van der Waals surface area contributed by atoms with Gasteiger partial charge in [0.2, 0.25) is 0 Å². The van der Waals surface area contributed by atoms with Crippen LogP contribution in [0, 0.1) is 0 Å². The average molecular weight is 821 g/mol. The molecule has 0 aliphatic heterocycles. The van der Waals surface area contributed by atoms with Gasteiger partial charge in [0.1, 0.15) is 17.8 Å². The predicted octanol–water partition coefficient (Wildman–Crippen LogP) is 10.2. The van der Waals surface area contributed by atoms with Gasteiger partial charge in [0.25, 0.3) is 0 Å². The normalized spacial score (nSPS) is 11.2. The number of aryl methyl sites for hydroxylation is 4. The van der Waals surface area contributed by atoms with Crippen molar-refractivity contribution in [3.63, 3.8) is 0 Å². The lowest BCUT2D eigenvalue weighted by atomic mass is 10.1. The number of hydrogen-bond acceptors (Lipinski definition) is 8. The van der Waals surface area contributed by atoms with Gasteiger partial charge in [-0.15, -0.1) is 17.5 Å². The minimum absolute atomic E-state index is 0. The van der Waals surface area contributed by atoms with Crippen molar-refractivity contribution in [2.75, 3.05) is 26.4 Å². The number of unbranched alkanes of at least 4 members (excludes halogenated alkanes) is 10. The number of halogens is 2. The summed E-state index contributed by atoms with van der Waals surface area (Å²) in [7, 11) is 0. The monoisotopic (exact) mass is 819 g/mol. The maximum Gasteiger partial charge on any atom is 0.308 e. The fraction of sp³-hybridized carbons (Fsp3) is 0.511. The van der Waals surface area contributed by atoms with Crippen molar-refractivity contribution < 1.29 is 23.6 Å². The number of hydrogen-bond donors (Lipinski definition) is 0. The van der Waals surface area contributed by atoms with Crippen molar-refractivity contribution in [1.82, 2.24) is 25.0 Å². The molecule has 4 heterocycles. The Kier molecular flexibility index (Phi) is 21.6. The van der Waals surface area contributed by atoms with Gasteiger partial charge in [0.15, 0.2) is 18.1 Å². The molecule has 4 aromatic heterocycles. The van der Waals surface area contributed by atoms with E-state index < -0.39 is 5.97 Å². The number of esters is 1. The lowest BCUT2D eigenvalue weighted by Gasteiger charge is -2.11. The zero-order valence-electron chi connectivity index (χ0n) is 33.7. The molecule has 0 aliphatic carbocycles. The van der Waals surface area contributed by atoms with Crippen LogP contribution in [0.15, 0.2) is 79.6 Å². The fourth-order valence-corrected chi connectivity index (χ4v) is 7.17. The van der Waals surface area contributed by atoms with E-state index in [-0.39, 0.29) is 12.4 Å². The summed E-state index contributed by atoms with van der Waals surface area (Å²) in [5, 5.41) is 9.91. The number of nitrogens with zero attached hydrogens (tertiary/aromatic N) is 6. The van der Waals surface area contributed by atoms with E-state index in [1.165, 1.54) is 63.0 Å². The molecule has 0 radical (unpaired) electrons. The standard InChI is InChI=1S/C45H60ClN6O4.ClH/c1-37(53)56-45-41(33-42(46)40-23-15-25-48-44(40)45)43-36-52(50-49-43)28-10-8-6-4-2-3-5-7-9-12-29-54-32-18-22-39-20-16-27-51(35-39)26-11-13-30-55-31-17-21-38-19-14-24-47-34-38;/h14-16,19-20,23-25,27,33-36H,2-13,17-18,21-22,26,28-32H2,1H3;1H/q+1;. The highest BCUT2D eigenvalue weighted by molar-refractivity contribution is 6.36. The van der Waals surface area contributed by atoms with Crippen molar-refractivity contribution in [3.8, 4) is 17.0 Å². The Hall–Kier alpha value is -3.96. The molecule has 1 aromatic carbocycles. The molecule has 0 bridgehead atoms. The van der Waals surface area contributed by atoms with Crippen LogP contribution in [0.1, 0.15) is 108 Å². The van der Waals surface area contributed by atoms with E-state index in [0.29, 0.717) is 27.5 Å². The molecule has 5 aromatic rings. The number of benzene rings is 1. The number of carbonyl (C=O) groups is 1. The zero-order chi connectivity index (χ0) is 39.0. The molecule has 308 valence electrons. The van der Waals surface area contributed by atoms with Gasteiger partial charge in [-0.3, -0.25) is 19.4 Å². The highest BCUT2D eigenvalue weighted by atomic mass is 35.5. The third-order valence-corrected chi connectivity index (χ3v) is 10.2. The SMILES string of the molecule is CC(=O)Oc1c(-c2cn(CCCCCCCCCCCCOCCCc3ccc[n+](CCCCOCCCc4cccnc4)c3)nn2)cc(Cl)c2cccnc12.Cl. The van der Waals surface area contributed by atoms with Crippen molar-refractivity contribution in [2.45, 2.75) is 123 Å². The van der Waals surface area contributed by atoms with Gasteiger partial charge in [0.05, 0.1) is 16.8 Å². The van der Waals surface area contributed by atoms with Crippen LogP contribution in [0.3, 0.4) is 0 Å². The van der Waals surface area contributed by atoms with E-state index in [9.17, 15) is 4.79 Å². The summed E-state index contributed by atoms with van der Waals surface area (Å²) < 4.78 is 21.5. The van der Waals surface area contributed by atoms with E-state index in [0.717, 1.165) is 103 Å². The van der Waals surface area contributed by atoms with Gasteiger partial charge < -0.3 is 14.2 Å². The molecule has 0 aliphatic rings. The second kappa shape index (κ2) is 26.9. The van der Waals surface area contributed by atoms with Crippen LogP contribution in [0.25, 0.3) is 22.2 Å². The summed E-state index contributed by atoms with van der Waals surface area (Å²) in [5.41, 5.74) is 4.40. The van der Waals surface area contributed by atoms with E-state index in [2.05, 4.69) is 55.4 Å². The maximum absolute atomic E-state index is 11.9. The summed E-state index contributed by atoms with van der Waals surface area (Å²) in [5.74, 6) is -0.0697. The maximum atomic E-state index is 11.9. The number of aromatic nitrogens is 6. The highest BCUT2D eigenvalue weighted by Crippen LogP contribution is 2.39. The highest BCUT2D eigenvalue weighted by Gasteiger charge is 2.19. The topological polar surface area (TPSA) is 105 Å². The minimum atomic E-state index is -0.426. The predicted molar refractivity (Wildman–Crippen MR) is 229 cm³/mol. The second-order valence-electron chi connectivity index (χ2n) is 14.6. The summed E-state index contributed by atoms with van der Waals surface area (Å²) in [4.78, 5) is 20.4. The second-order valence-corrected chi connectivity index (χ2v) is 15.0. The minimum Gasteiger partial charge on any atom is -0.424 e. The molecule has 10 nitrogen and oxygen atoms in total. The smallest absolute Gasteiger partial charge is 0.308 e. The van der Waals surface area contributed by atoms with Gasteiger partial charge in [-0.2, -0.15) is 0 Å². The van der Waals surface area contributed by atoms with Crippen molar-refractivity contribution in [1.29, 1.82) is 0 Å². The number of pyridine rings is 3. The molecule has 0 unspecified atom stereocenters. The van der Waals surface area contributed by atoms with Crippen LogP contribution >= 0.6 is 24.0 Å². The van der Waals surface area contributed by atoms with Gasteiger partial charge in [-0.05, 0) is 80.8 Å². The molecule has 0 spiro atoms. The first-order valence-electron chi connectivity index (χ1n) is 20.8. The Labute approximate surface area is 350 Å². The Morgan fingerprint density at radius 1 is 0.772 bits per heavy atom. The molecule has 12 heteroatoms. The third-order valence-electron chi connectivity index (χ3n) is 9.89. The molecule has 0 fully saturated rings. The van der Waals surface area contributed by atoms with Crippen LogP contribution < -0.4 is 9.30 Å². The number of fused-ring (bicyclic) bond motifs is 1. The largest absolute Gasteiger partial charge is 0.424 e. The number of rotatable bonds is 28. The first kappa shape index (κ1) is 45.7. The molecule has 0 saturated heterocycles. The van der Waals surface area contributed by atoms with Crippen LogP contribution in [0.4, 0.5) is 0 Å².